The third kappa shape index (κ3) is 2.05. The number of benzene rings is 1. The maximum absolute atomic E-state index is 11.6. The van der Waals surface area contributed by atoms with Crippen LogP contribution in [-0.4, -0.2) is 18.1 Å². The van der Waals surface area contributed by atoms with Gasteiger partial charge in [-0.05, 0) is 23.3 Å². The number of amides is 1. The minimum atomic E-state index is -0.404. The molecule has 1 aromatic rings. The number of rotatable bonds is 3. The first-order chi connectivity index (χ1) is 7.72. The van der Waals surface area contributed by atoms with Crippen LogP contribution >= 0.6 is 12.2 Å². The number of ether oxygens (including phenoxy) is 1. The van der Waals surface area contributed by atoms with E-state index in [1.165, 1.54) is 0 Å². The van der Waals surface area contributed by atoms with Crippen LogP contribution in [0.25, 0.3) is 0 Å². The van der Waals surface area contributed by atoms with E-state index in [1.54, 1.807) is 7.11 Å². The number of methoxy groups -OCH3 is 1. The van der Waals surface area contributed by atoms with Gasteiger partial charge in [0.2, 0.25) is 0 Å². The molecule has 5 heteroatoms. The van der Waals surface area contributed by atoms with Crippen LogP contribution in [-0.2, 0) is 16.1 Å². The highest BCUT2D eigenvalue weighted by molar-refractivity contribution is 7.80. The Morgan fingerprint density at radius 3 is 2.81 bits per heavy atom. The second-order valence-electron chi connectivity index (χ2n) is 3.53. The Bertz CT molecular complexity index is 434. The molecular weight excluding hydrogens is 224 g/mol. The second-order valence-corrected chi connectivity index (χ2v) is 3.94. The fraction of sp³-hybridized carbons (Fsp3) is 0.273. The number of hydrogen-bond donors (Lipinski definition) is 2. The molecule has 1 saturated heterocycles. The van der Waals surface area contributed by atoms with Crippen molar-refractivity contribution in [3.63, 3.8) is 0 Å². The lowest BCUT2D eigenvalue weighted by Crippen LogP contribution is -2.22. The normalized spacial score (nSPS) is 19.4. The van der Waals surface area contributed by atoms with Gasteiger partial charge in [-0.15, -0.1) is 0 Å². The molecule has 4 nitrogen and oxygen atoms in total. The Hall–Kier alpha value is -1.46. The fourth-order valence-corrected chi connectivity index (χ4v) is 1.96. The Morgan fingerprint density at radius 1 is 1.44 bits per heavy atom. The van der Waals surface area contributed by atoms with Crippen LogP contribution in [0.3, 0.4) is 0 Å². The predicted molar refractivity (Wildman–Crippen MR) is 63.8 cm³/mol. The van der Waals surface area contributed by atoms with Gasteiger partial charge in [-0.1, -0.05) is 24.3 Å². The zero-order chi connectivity index (χ0) is 11.5. The van der Waals surface area contributed by atoms with Crippen LogP contribution in [0.5, 0.6) is 0 Å². The van der Waals surface area contributed by atoms with Crippen LogP contribution in [0.15, 0.2) is 24.3 Å². The molecule has 1 unspecified atom stereocenters. The van der Waals surface area contributed by atoms with E-state index < -0.39 is 6.04 Å². The molecule has 1 atom stereocenters. The summed E-state index contributed by atoms with van der Waals surface area (Å²) in [6.07, 6.45) is 0. The summed E-state index contributed by atoms with van der Waals surface area (Å²) in [7, 11) is 1.63. The molecule has 2 rings (SSSR count). The molecule has 1 aliphatic rings. The zero-order valence-corrected chi connectivity index (χ0v) is 9.64. The number of nitrogens with one attached hydrogen (secondary N) is 2. The predicted octanol–water partition coefficient (Wildman–Crippen LogP) is 0.878. The average molecular weight is 236 g/mol. The van der Waals surface area contributed by atoms with Crippen LogP contribution in [0, 0.1) is 0 Å². The molecule has 1 aromatic carbocycles. The number of hydrogen-bond acceptors (Lipinski definition) is 3. The molecule has 0 bridgehead atoms. The van der Waals surface area contributed by atoms with Crippen LogP contribution in [0.2, 0.25) is 0 Å². The van der Waals surface area contributed by atoms with Crippen molar-refractivity contribution in [3.8, 4) is 0 Å². The van der Waals surface area contributed by atoms with E-state index in [1.807, 2.05) is 24.3 Å². The third-order valence-corrected chi connectivity index (χ3v) is 2.66. The van der Waals surface area contributed by atoms with Gasteiger partial charge < -0.3 is 15.4 Å². The SMILES string of the molecule is COCc1ccccc1C1NC(=S)NC1=O. The van der Waals surface area contributed by atoms with E-state index in [9.17, 15) is 4.79 Å². The summed E-state index contributed by atoms with van der Waals surface area (Å²) in [5.41, 5.74) is 1.89. The molecule has 1 heterocycles. The standard InChI is InChI=1S/C11H12N2O2S/c1-15-6-7-4-2-3-5-8(7)9-10(14)13-11(16)12-9/h2-5,9H,6H2,1H3,(H2,12,13,14,16). The minimum Gasteiger partial charge on any atom is -0.380 e. The molecule has 16 heavy (non-hydrogen) atoms. The van der Waals surface area contributed by atoms with E-state index in [0.717, 1.165) is 11.1 Å². The van der Waals surface area contributed by atoms with Gasteiger partial charge >= 0.3 is 0 Å². The first-order valence-corrected chi connectivity index (χ1v) is 5.31. The first-order valence-electron chi connectivity index (χ1n) is 4.90. The van der Waals surface area contributed by atoms with Gasteiger partial charge in [-0.2, -0.15) is 0 Å². The van der Waals surface area contributed by atoms with Crippen LogP contribution in [0.4, 0.5) is 0 Å². The molecule has 84 valence electrons. The minimum absolute atomic E-state index is 0.117. The van der Waals surface area contributed by atoms with E-state index >= 15 is 0 Å². The Morgan fingerprint density at radius 2 is 2.19 bits per heavy atom. The Kier molecular flexibility index (Phi) is 3.17. The van der Waals surface area contributed by atoms with Gasteiger partial charge in [0.15, 0.2) is 5.11 Å². The summed E-state index contributed by atoms with van der Waals surface area (Å²) in [6, 6.07) is 7.25. The van der Waals surface area contributed by atoms with E-state index in [-0.39, 0.29) is 5.91 Å². The van der Waals surface area contributed by atoms with Gasteiger partial charge in [0, 0.05) is 7.11 Å². The lowest BCUT2D eigenvalue weighted by Gasteiger charge is -2.13. The van der Waals surface area contributed by atoms with E-state index in [0.29, 0.717) is 11.7 Å². The first kappa shape index (κ1) is 11.0. The van der Waals surface area contributed by atoms with Crippen molar-refractivity contribution in [1.29, 1.82) is 0 Å². The topological polar surface area (TPSA) is 50.4 Å². The van der Waals surface area contributed by atoms with Gasteiger partial charge in [-0.3, -0.25) is 4.79 Å². The van der Waals surface area contributed by atoms with Crippen LogP contribution in [0.1, 0.15) is 17.2 Å². The largest absolute Gasteiger partial charge is 0.380 e. The summed E-state index contributed by atoms with van der Waals surface area (Å²) < 4.78 is 5.10. The van der Waals surface area contributed by atoms with Gasteiger partial charge in [0.05, 0.1) is 6.61 Å². The third-order valence-electron chi connectivity index (χ3n) is 2.44. The summed E-state index contributed by atoms with van der Waals surface area (Å²) in [6.45, 7) is 0.481. The van der Waals surface area contributed by atoms with E-state index in [2.05, 4.69) is 10.6 Å². The van der Waals surface area contributed by atoms with Crippen molar-refractivity contribution in [2.75, 3.05) is 7.11 Å². The molecule has 1 fully saturated rings. The van der Waals surface area contributed by atoms with Crippen molar-refractivity contribution in [2.24, 2.45) is 0 Å². The number of thiocarbonyl (C=S) groups is 1. The van der Waals surface area contributed by atoms with Crippen molar-refractivity contribution < 1.29 is 9.53 Å². The van der Waals surface area contributed by atoms with Crippen molar-refractivity contribution in [1.82, 2.24) is 10.6 Å². The van der Waals surface area contributed by atoms with Gasteiger partial charge in [0.25, 0.3) is 5.91 Å². The maximum Gasteiger partial charge on any atom is 0.253 e. The summed E-state index contributed by atoms with van der Waals surface area (Å²) in [5.74, 6) is -0.117. The molecule has 1 amide bonds. The van der Waals surface area contributed by atoms with Crippen LogP contribution < -0.4 is 10.6 Å². The lowest BCUT2D eigenvalue weighted by molar-refractivity contribution is -0.120. The molecular formula is C11H12N2O2S. The lowest BCUT2D eigenvalue weighted by atomic mass is 10.0. The molecule has 0 aliphatic carbocycles. The highest BCUT2D eigenvalue weighted by atomic mass is 32.1. The zero-order valence-electron chi connectivity index (χ0n) is 8.82. The molecule has 1 aliphatic heterocycles. The second kappa shape index (κ2) is 4.59. The maximum atomic E-state index is 11.6. The highest BCUT2D eigenvalue weighted by Gasteiger charge is 2.29. The molecule has 0 spiro atoms. The molecule has 0 aromatic heterocycles. The van der Waals surface area contributed by atoms with Gasteiger partial charge in [-0.25, -0.2) is 0 Å². The summed E-state index contributed by atoms with van der Waals surface area (Å²) in [5, 5.41) is 5.89. The average Bonchev–Trinajstić information content (AvgIpc) is 2.59. The molecule has 2 N–H and O–H groups in total. The quantitative estimate of drug-likeness (QED) is 0.765. The molecule has 0 saturated carbocycles. The van der Waals surface area contributed by atoms with Crippen molar-refractivity contribution in [2.45, 2.75) is 12.6 Å². The Balaban J connectivity index is 2.32. The molecule has 0 radical (unpaired) electrons. The van der Waals surface area contributed by atoms with Crippen molar-refractivity contribution >= 4 is 23.2 Å². The van der Waals surface area contributed by atoms with Crippen molar-refractivity contribution in [3.05, 3.63) is 35.4 Å². The summed E-state index contributed by atoms with van der Waals surface area (Å²) in [4.78, 5) is 11.6. The smallest absolute Gasteiger partial charge is 0.253 e. The fourth-order valence-electron chi connectivity index (χ4n) is 1.74. The van der Waals surface area contributed by atoms with Gasteiger partial charge in [0.1, 0.15) is 6.04 Å². The highest BCUT2D eigenvalue weighted by Crippen LogP contribution is 2.21. The number of carbonyl (C=O) groups excluding carboxylic acids is 1. The Labute approximate surface area is 99.0 Å². The van der Waals surface area contributed by atoms with E-state index in [4.69, 9.17) is 17.0 Å². The number of carbonyl (C=O) groups is 1. The monoisotopic (exact) mass is 236 g/mol. The summed E-state index contributed by atoms with van der Waals surface area (Å²) >= 11 is 4.91.